The first-order valence-corrected chi connectivity index (χ1v) is 17.4. The van der Waals surface area contributed by atoms with Gasteiger partial charge < -0.3 is 30.2 Å². The normalized spacial score (nSPS) is 21.3. The summed E-state index contributed by atoms with van der Waals surface area (Å²) < 4.78 is 5.42. The average molecular weight is 605 g/mol. The summed E-state index contributed by atoms with van der Waals surface area (Å²) in [5.74, 6) is 1.67. The smallest absolute Gasteiger partial charge is 0.267 e. The van der Waals surface area contributed by atoms with E-state index in [4.69, 9.17) is 4.74 Å². The molecule has 6 rings (SSSR count). The number of hydrogen-bond acceptors (Lipinski definition) is 6. The van der Waals surface area contributed by atoms with Gasteiger partial charge in [-0.25, -0.2) is 4.98 Å². The Labute approximate surface area is 262 Å². The van der Waals surface area contributed by atoms with Gasteiger partial charge in [0.25, 0.3) is 11.8 Å². The molecule has 1 spiro atoms. The second kappa shape index (κ2) is 14.9. The number of aromatic nitrogens is 2. The Balaban J connectivity index is 0.903. The number of amides is 2. The van der Waals surface area contributed by atoms with Gasteiger partial charge in [0, 0.05) is 63.1 Å². The summed E-state index contributed by atoms with van der Waals surface area (Å²) in [4.78, 5) is 38.4. The Morgan fingerprint density at radius 1 is 0.977 bits per heavy atom. The zero-order chi connectivity index (χ0) is 30.2. The van der Waals surface area contributed by atoms with Crippen LogP contribution in [-0.4, -0.2) is 79.2 Å². The van der Waals surface area contributed by atoms with Crippen molar-refractivity contribution >= 4 is 17.6 Å². The molecule has 2 aromatic heterocycles. The van der Waals surface area contributed by atoms with Crippen molar-refractivity contribution in [2.24, 2.45) is 5.92 Å². The van der Waals surface area contributed by atoms with E-state index in [0.29, 0.717) is 18.0 Å². The van der Waals surface area contributed by atoms with E-state index in [1.807, 2.05) is 17.0 Å². The highest BCUT2D eigenvalue weighted by Gasteiger charge is 2.37. The van der Waals surface area contributed by atoms with E-state index in [1.165, 1.54) is 62.6 Å². The molecule has 1 aliphatic carbocycles. The largest absolute Gasteiger partial charge is 0.378 e. The number of nitrogens with zero attached hydrogens (tertiary/aromatic N) is 3. The third kappa shape index (κ3) is 7.48. The van der Waals surface area contributed by atoms with Crippen molar-refractivity contribution in [2.75, 3.05) is 57.4 Å². The van der Waals surface area contributed by atoms with E-state index < -0.39 is 0 Å². The fraction of sp³-hybridized carbons (Fsp3) is 0.686. The standard InChI is InChI=1S/C35H52N6O3/c42-33(31-25-29-30(39-31)12-18-38-35(29)15-6-3-1-2-4-7-16-35)36-17-8-5-9-27-13-19-41(20-14-27)34(43)28-10-11-32(37-26-28)40-21-23-44-24-22-40/h10-11,25-27,38-39H,1-9,12-24H2,(H,36,42). The fourth-order valence-corrected chi connectivity index (χ4v) is 7.85. The molecule has 0 unspecified atom stereocenters. The van der Waals surface area contributed by atoms with Crippen LogP contribution in [0.3, 0.4) is 0 Å². The van der Waals surface area contributed by atoms with Crippen molar-refractivity contribution in [1.82, 2.24) is 25.5 Å². The van der Waals surface area contributed by atoms with Gasteiger partial charge >= 0.3 is 0 Å². The highest BCUT2D eigenvalue weighted by atomic mass is 16.5. The summed E-state index contributed by atoms with van der Waals surface area (Å²) in [5.41, 5.74) is 4.05. The first-order valence-electron chi connectivity index (χ1n) is 17.4. The van der Waals surface area contributed by atoms with Crippen LogP contribution in [0.1, 0.15) is 116 Å². The second-order valence-corrected chi connectivity index (χ2v) is 13.4. The lowest BCUT2D eigenvalue weighted by Crippen LogP contribution is -2.47. The number of anilines is 1. The summed E-state index contributed by atoms with van der Waals surface area (Å²) in [6.07, 6.45) is 18.2. The average Bonchev–Trinajstić information content (AvgIpc) is 3.56. The highest BCUT2D eigenvalue weighted by Crippen LogP contribution is 2.39. The predicted octanol–water partition coefficient (Wildman–Crippen LogP) is 5.17. The highest BCUT2D eigenvalue weighted by molar-refractivity contribution is 5.94. The third-order valence-corrected chi connectivity index (χ3v) is 10.5. The van der Waals surface area contributed by atoms with Gasteiger partial charge in [0.2, 0.25) is 0 Å². The maximum Gasteiger partial charge on any atom is 0.267 e. The Hall–Kier alpha value is -2.91. The third-order valence-electron chi connectivity index (χ3n) is 10.5. The minimum atomic E-state index is 0.0249. The number of carbonyl (C=O) groups is 2. The van der Waals surface area contributed by atoms with Crippen LogP contribution in [0.5, 0.6) is 0 Å². The molecule has 2 amide bonds. The molecule has 5 heterocycles. The number of aromatic amines is 1. The first kappa shape index (κ1) is 31.1. The summed E-state index contributed by atoms with van der Waals surface area (Å²) in [7, 11) is 0. The first-order chi connectivity index (χ1) is 21.6. The Morgan fingerprint density at radius 2 is 1.73 bits per heavy atom. The lowest BCUT2D eigenvalue weighted by atomic mass is 9.78. The van der Waals surface area contributed by atoms with Crippen LogP contribution in [0, 0.1) is 5.92 Å². The number of likely N-dealkylation sites (tertiary alicyclic amines) is 1. The minimum Gasteiger partial charge on any atom is -0.378 e. The zero-order valence-corrected chi connectivity index (χ0v) is 26.5. The van der Waals surface area contributed by atoms with Crippen LogP contribution < -0.4 is 15.5 Å². The van der Waals surface area contributed by atoms with Crippen LogP contribution in [0.15, 0.2) is 24.4 Å². The Kier molecular flexibility index (Phi) is 10.5. The van der Waals surface area contributed by atoms with Crippen molar-refractivity contribution in [2.45, 2.75) is 95.4 Å². The summed E-state index contributed by atoms with van der Waals surface area (Å²) in [5, 5.41) is 7.05. The maximum absolute atomic E-state index is 13.1. The van der Waals surface area contributed by atoms with Crippen molar-refractivity contribution in [1.29, 1.82) is 0 Å². The fourth-order valence-electron chi connectivity index (χ4n) is 7.85. The van der Waals surface area contributed by atoms with E-state index in [0.717, 1.165) is 96.0 Å². The molecule has 9 heteroatoms. The quantitative estimate of drug-likeness (QED) is 0.359. The van der Waals surface area contributed by atoms with Crippen LogP contribution in [-0.2, 0) is 16.7 Å². The van der Waals surface area contributed by atoms with Gasteiger partial charge in [0.15, 0.2) is 0 Å². The Morgan fingerprint density at radius 3 is 2.45 bits per heavy atom. The molecule has 3 aliphatic heterocycles. The molecular formula is C35H52N6O3. The molecule has 4 aliphatic rings. The van der Waals surface area contributed by atoms with Crippen molar-refractivity contribution in [3.05, 3.63) is 46.9 Å². The molecular weight excluding hydrogens is 552 g/mol. The van der Waals surface area contributed by atoms with Crippen molar-refractivity contribution in [3.8, 4) is 0 Å². The number of pyridine rings is 1. The zero-order valence-electron chi connectivity index (χ0n) is 26.5. The van der Waals surface area contributed by atoms with Gasteiger partial charge in [-0.3, -0.25) is 9.59 Å². The molecule has 9 nitrogen and oxygen atoms in total. The number of H-pyrrole nitrogens is 1. The van der Waals surface area contributed by atoms with Crippen LogP contribution in [0.2, 0.25) is 0 Å². The Bertz CT molecular complexity index is 1220. The number of hydrogen-bond donors (Lipinski definition) is 3. The number of piperidine rings is 1. The molecule has 3 N–H and O–H groups in total. The van der Waals surface area contributed by atoms with Crippen LogP contribution in [0.25, 0.3) is 0 Å². The summed E-state index contributed by atoms with van der Waals surface area (Å²) in [6, 6.07) is 6.03. The lowest BCUT2D eigenvalue weighted by Gasteiger charge is -2.39. The van der Waals surface area contributed by atoms with Crippen molar-refractivity contribution < 1.29 is 14.3 Å². The molecule has 0 radical (unpaired) electrons. The van der Waals surface area contributed by atoms with Gasteiger partial charge in [-0.1, -0.05) is 51.4 Å². The van der Waals surface area contributed by atoms with E-state index in [9.17, 15) is 9.59 Å². The molecule has 2 saturated heterocycles. The number of rotatable bonds is 8. The monoisotopic (exact) mass is 604 g/mol. The van der Waals surface area contributed by atoms with Gasteiger partial charge in [0.1, 0.15) is 11.5 Å². The van der Waals surface area contributed by atoms with Gasteiger partial charge in [-0.05, 0) is 61.8 Å². The number of fused-ring (bicyclic) bond motifs is 2. The molecule has 44 heavy (non-hydrogen) atoms. The van der Waals surface area contributed by atoms with E-state index in [1.54, 1.807) is 6.20 Å². The van der Waals surface area contributed by atoms with E-state index in [-0.39, 0.29) is 17.4 Å². The summed E-state index contributed by atoms with van der Waals surface area (Å²) >= 11 is 0. The number of unbranched alkanes of at least 4 members (excludes halogenated alkanes) is 1. The summed E-state index contributed by atoms with van der Waals surface area (Å²) in [6.45, 7) is 6.43. The van der Waals surface area contributed by atoms with E-state index in [2.05, 4.69) is 31.6 Å². The molecule has 3 fully saturated rings. The van der Waals surface area contributed by atoms with Crippen LogP contribution >= 0.6 is 0 Å². The van der Waals surface area contributed by atoms with Crippen molar-refractivity contribution in [3.63, 3.8) is 0 Å². The van der Waals surface area contributed by atoms with Gasteiger partial charge in [0.05, 0.1) is 18.8 Å². The molecule has 1 saturated carbocycles. The molecule has 0 bridgehead atoms. The van der Waals surface area contributed by atoms with Gasteiger partial charge in [-0.15, -0.1) is 0 Å². The minimum absolute atomic E-state index is 0.0249. The molecule has 0 aromatic carbocycles. The van der Waals surface area contributed by atoms with Gasteiger partial charge in [-0.2, -0.15) is 0 Å². The SMILES string of the molecule is O=C(NCCCCC1CCN(C(=O)c2ccc(N3CCOCC3)nc2)CC1)c1cc2c([nH]1)CCNC21CCCCCCCC1. The number of nitrogens with one attached hydrogen (secondary N) is 3. The van der Waals surface area contributed by atoms with Crippen LogP contribution in [0.4, 0.5) is 5.82 Å². The number of morpholine rings is 1. The number of ether oxygens (including phenoxy) is 1. The molecule has 240 valence electrons. The predicted molar refractivity (Wildman–Crippen MR) is 173 cm³/mol. The molecule has 2 aromatic rings. The molecule has 0 atom stereocenters. The van der Waals surface area contributed by atoms with E-state index >= 15 is 0 Å². The lowest BCUT2D eigenvalue weighted by molar-refractivity contribution is 0.0685. The number of carbonyl (C=O) groups excluding carboxylic acids is 2. The maximum atomic E-state index is 13.1. The topological polar surface area (TPSA) is 103 Å². The second-order valence-electron chi connectivity index (χ2n) is 13.4.